The first-order valence-corrected chi connectivity index (χ1v) is 7.61. The Morgan fingerprint density at radius 2 is 1.71 bits per heavy atom. The molecule has 8 heteroatoms. The molecule has 21 heavy (non-hydrogen) atoms. The van der Waals surface area contributed by atoms with Crippen molar-refractivity contribution in [3.05, 3.63) is 29.8 Å². The molecule has 0 amide bonds. The zero-order chi connectivity index (χ0) is 16.0. The molecular weight excluding hydrogens is 298 g/mol. The molecule has 0 aliphatic rings. The lowest BCUT2D eigenvalue weighted by Crippen LogP contribution is -2.43. The van der Waals surface area contributed by atoms with Crippen LogP contribution in [0.3, 0.4) is 0 Å². The Morgan fingerprint density at radius 1 is 1.14 bits per heavy atom. The van der Waals surface area contributed by atoms with E-state index in [0.29, 0.717) is 0 Å². The van der Waals surface area contributed by atoms with Crippen LogP contribution in [0.5, 0.6) is 0 Å². The Hall–Kier alpha value is -1.48. The van der Waals surface area contributed by atoms with Crippen molar-refractivity contribution in [3.63, 3.8) is 0 Å². The number of hydrogen-bond donors (Lipinski definition) is 1. The highest BCUT2D eigenvalue weighted by atomic mass is 32.2. The van der Waals surface area contributed by atoms with Crippen molar-refractivity contribution >= 4 is 16.0 Å². The van der Waals surface area contributed by atoms with Crippen molar-refractivity contribution in [2.75, 3.05) is 21.3 Å². The normalized spacial score (nSPS) is 13.2. The van der Waals surface area contributed by atoms with Crippen LogP contribution in [0.25, 0.3) is 0 Å². The van der Waals surface area contributed by atoms with Crippen LogP contribution in [0.1, 0.15) is 17.3 Å². The summed E-state index contributed by atoms with van der Waals surface area (Å²) in [6.45, 7) is 1.59. The SMILES string of the molecule is COC(=O)c1ccccc1S(=O)(=O)NC(C)C(OC)OC. The summed E-state index contributed by atoms with van der Waals surface area (Å²) < 4.78 is 41.8. The molecule has 1 N–H and O–H groups in total. The van der Waals surface area contributed by atoms with E-state index in [0.717, 1.165) is 0 Å². The average Bonchev–Trinajstić information content (AvgIpc) is 2.47. The molecule has 0 bridgehead atoms. The molecule has 1 rings (SSSR count). The Labute approximate surface area is 124 Å². The molecule has 0 aliphatic heterocycles. The number of carbonyl (C=O) groups is 1. The summed E-state index contributed by atoms with van der Waals surface area (Å²) in [6, 6.07) is 5.15. The highest BCUT2D eigenvalue weighted by Gasteiger charge is 2.27. The third-order valence-corrected chi connectivity index (χ3v) is 4.41. The zero-order valence-corrected chi connectivity index (χ0v) is 13.1. The van der Waals surface area contributed by atoms with Gasteiger partial charge in [0.15, 0.2) is 6.29 Å². The predicted octanol–water partition coefficient (Wildman–Crippen LogP) is 0.759. The molecule has 0 aliphatic carbocycles. The van der Waals surface area contributed by atoms with E-state index in [1.165, 1.54) is 39.5 Å². The third kappa shape index (κ3) is 4.24. The maximum Gasteiger partial charge on any atom is 0.339 e. The molecule has 1 unspecified atom stereocenters. The Morgan fingerprint density at radius 3 is 2.24 bits per heavy atom. The number of benzene rings is 1. The number of rotatable bonds is 7. The quantitative estimate of drug-likeness (QED) is 0.590. The molecule has 0 spiro atoms. The highest BCUT2D eigenvalue weighted by Crippen LogP contribution is 2.17. The van der Waals surface area contributed by atoms with Crippen LogP contribution in [0, 0.1) is 0 Å². The molecular formula is C13H19NO6S. The first-order chi connectivity index (χ1) is 9.87. The van der Waals surface area contributed by atoms with E-state index >= 15 is 0 Å². The fourth-order valence-corrected chi connectivity index (χ4v) is 3.27. The maximum atomic E-state index is 12.4. The molecule has 1 aromatic rings. The minimum atomic E-state index is -3.92. The van der Waals surface area contributed by atoms with Gasteiger partial charge in [0.1, 0.15) is 0 Å². The molecule has 118 valence electrons. The highest BCUT2D eigenvalue weighted by molar-refractivity contribution is 7.89. The van der Waals surface area contributed by atoms with Gasteiger partial charge in [-0.05, 0) is 19.1 Å². The fourth-order valence-electron chi connectivity index (χ4n) is 1.85. The van der Waals surface area contributed by atoms with E-state index in [1.807, 2.05) is 0 Å². The molecule has 0 heterocycles. The number of nitrogens with one attached hydrogen (secondary N) is 1. The van der Waals surface area contributed by atoms with Gasteiger partial charge >= 0.3 is 5.97 Å². The van der Waals surface area contributed by atoms with Crippen LogP contribution >= 0.6 is 0 Å². The van der Waals surface area contributed by atoms with Crippen molar-refractivity contribution in [3.8, 4) is 0 Å². The number of ether oxygens (including phenoxy) is 3. The van der Waals surface area contributed by atoms with E-state index in [4.69, 9.17) is 9.47 Å². The molecule has 1 atom stereocenters. The smallest absolute Gasteiger partial charge is 0.339 e. The summed E-state index contributed by atoms with van der Waals surface area (Å²) in [5.74, 6) is -0.723. The van der Waals surface area contributed by atoms with Crippen LogP contribution in [-0.2, 0) is 24.2 Å². The summed E-state index contributed by atoms with van der Waals surface area (Å²) in [4.78, 5) is 11.5. The summed E-state index contributed by atoms with van der Waals surface area (Å²) in [5.41, 5.74) is -0.0360. The van der Waals surface area contributed by atoms with Gasteiger partial charge in [-0.15, -0.1) is 0 Å². The molecule has 0 saturated heterocycles. The second-order valence-electron chi connectivity index (χ2n) is 4.24. The van der Waals surface area contributed by atoms with E-state index in [2.05, 4.69) is 9.46 Å². The molecule has 0 saturated carbocycles. The number of hydrogen-bond acceptors (Lipinski definition) is 6. The Kier molecular flexibility index (Phi) is 6.28. The van der Waals surface area contributed by atoms with Gasteiger partial charge in [-0.2, -0.15) is 0 Å². The Balaban J connectivity index is 3.12. The number of methoxy groups -OCH3 is 3. The Bertz CT molecular complexity index is 582. The molecule has 1 aromatic carbocycles. The number of carbonyl (C=O) groups excluding carboxylic acids is 1. The third-order valence-electron chi connectivity index (χ3n) is 2.80. The van der Waals surface area contributed by atoms with E-state index in [-0.39, 0.29) is 10.5 Å². The first-order valence-electron chi connectivity index (χ1n) is 6.12. The van der Waals surface area contributed by atoms with Gasteiger partial charge < -0.3 is 14.2 Å². The van der Waals surface area contributed by atoms with Gasteiger partial charge in [0.05, 0.1) is 23.6 Å². The van der Waals surface area contributed by atoms with E-state index in [1.54, 1.807) is 13.0 Å². The lowest BCUT2D eigenvalue weighted by atomic mass is 10.2. The van der Waals surface area contributed by atoms with Crippen molar-refractivity contribution in [1.82, 2.24) is 4.72 Å². The van der Waals surface area contributed by atoms with Crippen molar-refractivity contribution in [2.24, 2.45) is 0 Å². The fraction of sp³-hybridized carbons (Fsp3) is 0.462. The van der Waals surface area contributed by atoms with E-state index in [9.17, 15) is 13.2 Å². The van der Waals surface area contributed by atoms with Crippen LogP contribution in [0.2, 0.25) is 0 Å². The first kappa shape index (κ1) is 17.6. The summed E-state index contributed by atoms with van der Waals surface area (Å²) in [5, 5.41) is 0. The monoisotopic (exact) mass is 317 g/mol. The maximum absolute atomic E-state index is 12.4. The van der Waals surface area contributed by atoms with Crippen LogP contribution in [0.4, 0.5) is 0 Å². The van der Waals surface area contributed by atoms with Gasteiger partial charge in [-0.25, -0.2) is 17.9 Å². The minimum Gasteiger partial charge on any atom is -0.465 e. The van der Waals surface area contributed by atoms with Gasteiger partial charge in [0.25, 0.3) is 0 Å². The van der Waals surface area contributed by atoms with Crippen LogP contribution < -0.4 is 4.72 Å². The van der Waals surface area contributed by atoms with E-state index < -0.39 is 28.3 Å². The number of esters is 1. The molecule has 0 aromatic heterocycles. The van der Waals surface area contributed by atoms with Gasteiger partial charge in [-0.1, -0.05) is 12.1 Å². The minimum absolute atomic E-state index is 0.0360. The van der Waals surface area contributed by atoms with Crippen molar-refractivity contribution in [1.29, 1.82) is 0 Å². The average molecular weight is 317 g/mol. The largest absolute Gasteiger partial charge is 0.465 e. The van der Waals surface area contributed by atoms with Gasteiger partial charge in [-0.3, -0.25) is 0 Å². The lowest BCUT2D eigenvalue weighted by molar-refractivity contribution is -0.115. The zero-order valence-electron chi connectivity index (χ0n) is 12.3. The van der Waals surface area contributed by atoms with Crippen LogP contribution in [0.15, 0.2) is 29.2 Å². The van der Waals surface area contributed by atoms with Crippen molar-refractivity contribution < 1.29 is 27.4 Å². The molecule has 7 nitrogen and oxygen atoms in total. The van der Waals surface area contributed by atoms with Gasteiger partial charge in [0, 0.05) is 14.2 Å². The lowest BCUT2D eigenvalue weighted by Gasteiger charge is -2.22. The molecule has 0 fully saturated rings. The summed E-state index contributed by atoms with van der Waals surface area (Å²) in [6.07, 6.45) is -0.745. The van der Waals surface area contributed by atoms with Crippen molar-refractivity contribution in [2.45, 2.75) is 24.2 Å². The van der Waals surface area contributed by atoms with Gasteiger partial charge in [0.2, 0.25) is 10.0 Å². The predicted molar refractivity (Wildman–Crippen MR) is 75.4 cm³/mol. The summed E-state index contributed by atoms with van der Waals surface area (Å²) >= 11 is 0. The van der Waals surface area contributed by atoms with Crippen LogP contribution in [-0.4, -0.2) is 48.0 Å². The second kappa shape index (κ2) is 7.51. The molecule has 0 radical (unpaired) electrons. The second-order valence-corrected chi connectivity index (χ2v) is 5.92. The number of sulfonamides is 1. The standard InChI is InChI=1S/C13H19NO6S/c1-9(13(19-3)20-4)14-21(16,17)11-8-6-5-7-10(11)12(15)18-2/h5-9,13-14H,1-4H3. The topological polar surface area (TPSA) is 90.9 Å². The summed E-state index contributed by atoms with van der Waals surface area (Å²) in [7, 11) is 0.0751.